The monoisotopic (exact) mass is 376 g/mol. The van der Waals surface area contributed by atoms with Gasteiger partial charge in [-0.2, -0.15) is 0 Å². The van der Waals surface area contributed by atoms with E-state index in [1.165, 1.54) is 5.56 Å². The lowest BCUT2D eigenvalue weighted by molar-refractivity contribution is 0.280. The van der Waals surface area contributed by atoms with Gasteiger partial charge in [-0.05, 0) is 40.5 Å². The second-order valence-electron chi connectivity index (χ2n) is 8.81. The van der Waals surface area contributed by atoms with Gasteiger partial charge in [0.1, 0.15) is 5.75 Å². The Morgan fingerprint density at radius 1 is 0.808 bits per heavy atom. The molecule has 0 saturated heterocycles. The van der Waals surface area contributed by atoms with Crippen molar-refractivity contribution in [3.63, 3.8) is 0 Å². The zero-order valence-electron chi connectivity index (χ0n) is 16.6. The minimum Gasteiger partial charge on any atom is -0.404 e. The van der Waals surface area contributed by atoms with Crippen LogP contribution in [0, 0.1) is 6.92 Å². The van der Waals surface area contributed by atoms with E-state index >= 15 is 0 Å². The van der Waals surface area contributed by atoms with E-state index in [4.69, 9.17) is 4.52 Å². The van der Waals surface area contributed by atoms with Crippen molar-refractivity contribution in [2.75, 3.05) is 0 Å². The van der Waals surface area contributed by atoms with Crippen LogP contribution in [0.15, 0.2) is 36.4 Å². The molecule has 2 aromatic rings. The standard InChI is InChI=1S/C21H29O4P/c1-14-8-10-15(11-9-14)16-12-13-17(25-26(22,23)24)19(21(5,6)7)18(16)20(2,3)4/h8-13H,1-7H3,(H2,22,23,24). The fourth-order valence-electron chi connectivity index (χ4n) is 3.29. The Morgan fingerprint density at radius 3 is 1.73 bits per heavy atom. The lowest BCUT2D eigenvalue weighted by atomic mass is 9.72. The van der Waals surface area contributed by atoms with Gasteiger partial charge in [-0.15, -0.1) is 0 Å². The maximum Gasteiger partial charge on any atom is 0.524 e. The van der Waals surface area contributed by atoms with Crippen LogP contribution < -0.4 is 4.52 Å². The van der Waals surface area contributed by atoms with E-state index in [-0.39, 0.29) is 16.6 Å². The third kappa shape index (κ3) is 4.76. The Balaban J connectivity index is 2.87. The zero-order chi connectivity index (χ0) is 19.9. The maximum absolute atomic E-state index is 11.5. The summed E-state index contributed by atoms with van der Waals surface area (Å²) < 4.78 is 16.6. The molecule has 0 aliphatic rings. The van der Waals surface area contributed by atoms with Crippen LogP contribution >= 0.6 is 7.82 Å². The van der Waals surface area contributed by atoms with Crippen molar-refractivity contribution < 1.29 is 18.9 Å². The summed E-state index contributed by atoms with van der Waals surface area (Å²) in [7, 11) is -4.65. The van der Waals surface area contributed by atoms with Crippen LogP contribution in [0.2, 0.25) is 0 Å². The van der Waals surface area contributed by atoms with Crippen LogP contribution in [0.3, 0.4) is 0 Å². The first kappa shape index (κ1) is 20.7. The van der Waals surface area contributed by atoms with Crippen LogP contribution in [-0.4, -0.2) is 9.79 Å². The summed E-state index contributed by atoms with van der Waals surface area (Å²) in [5, 5.41) is 0. The number of benzene rings is 2. The molecule has 0 heterocycles. The number of phosphoric ester groups is 1. The first-order chi connectivity index (χ1) is 11.7. The number of phosphoric acid groups is 1. The van der Waals surface area contributed by atoms with Crippen molar-refractivity contribution in [1.82, 2.24) is 0 Å². The summed E-state index contributed by atoms with van der Waals surface area (Å²) in [5.74, 6) is 0.242. The maximum atomic E-state index is 11.5. The van der Waals surface area contributed by atoms with Crippen molar-refractivity contribution in [3.8, 4) is 16.9 Å². The molecule has 2 aromatic carbocycles. The summed E-state index contributed by atoms with van der Waals surface area (Å²) in [6, 6.07) is 11.9. The molecular weight excluding hydrogens is 347 g/mol. The summed E-state index contributed by atoms with van der Waals surface area (Å²) in [6.07, 6.45) is 0. The Hall–Kier alpha value is -1.61. The molecule has 0 aliphatic heterocycles. The molecular formula is C21H29O4P. The average Bonchev–Trinajstić information content (AvgIpc) is 2.44. The minimum absolute atomic E-state index is 0.239. The average molecular weight is 376 g/mol. The van der Waals surface area contributed by atoms with Gasteiger partial charge in [0.05, 0.1) is 0 Å². The van der Waals surface area contributed by atoms with E-state index in [2.05, 4.69) is 45.0 Å². The summed E-state index contributed by atoms with van der Waals surface area (Å²) >= 11 is 0. The predicted molar refractivity (Wildman–Crippen MR) is 107 cm³/mol. The number of rotatable bonds is 3. The highest BCUT2D eigenvalue weighted by molar-refractivity contribution is 7.46. The van der Waals surface area contributed by atoms with Gasteiger partial charge in [-0.25, -0.2) is 4.57 Å². The molecule has 0 bridgehead atoms. The highest BCUT2D eigenvalue weighted by atomic mass is 31.2. The molecule has 5 heteroatoms. The predicted octanol–water partition coefficient (Wildman–Crippen LogP) is 5.73. The SMILES string of the molecule is Cc1ccc(-c2ccc(OP(=O)(O)O)c(C(C)(C)C)c2C(C)(C)C)cc1. The van der Waals surface area contributed by atoms with Crippen LogP contribution in [0.1, 0.15) is 58.2 Å². The van der Waals surface area contributed by atoms with E-state index in [1.54, 1.807) is 6.07 Å². The van der Waals surface area contributed by atoms with Crippen molar-refractivity contribution >= 4 is 7.82 Å². The van der Waals surface area contributed by atoms with Gasteiger partial charge in [0.2, 0.25) is 0 Å². The lowest BCUT2D eigenvalue weighted by Gasteiger charge is -2.34. The van der Waals surface area contributed by atoms with Gasteiger partial charge >= 0.3 is 7.82 Å². The molecule has 142 valence electrons. The molecule has 0 atom stereocenters. The molecule has 0 fully saturated rings. The van der Waals surface area contributed by atoms with Gasteiger partial charge < -0.3 is 4.52 Å². The third-order valence-electron chi connectivity index (χ3n) is 4.25. The van der Waals surface area contributed by atoms with E-state index in [0.717, 1.165) is 22.3 Å². The molecule has 26 heavy (non-hydrogen) atoms. The van der Waals surface area contributed by atoms with E-state index in [1.807, 2.05) is 33.8 Å². The molecule has 0 amide bonds. The van der Waals surface area contributed by atoms with E-state index < -0.39 is 7.82 Å². The number of hydrogen-bond acceptors (Lipinski definition) is 2. The van der Waals surface area contributed by atoms with Crippen LogP contribution in [0.5, 0.6) is 5.75 Å². The first-order valence-electron chi connectivity index (χ1n) is 8.70. The van der Waals surface area contributed by atoms with Crippen LogP contribution in [0.4, 0.5) is 0 Å². The number of aryl methyl sites for hydroxylation is 1. The second-order valence-corrected chi connectivity index (χ2v) is 9.97. The van der Waals surface area contributed by atoms with Crippen molar-refractivity contribution in [2.24, 2.45) is 0 Å². The molecule has 0 aromatic heterocycles. The smallest absolute Gasteiger partial charge is 0.404 e. The molecule has 0 spiro atoms. The molecule has 0 radical (unpaired) electrons. The second kappa shape index (κ2) is 6.84. The minimum atomic E-state index is -4.65. The topological polar surface area (TPSA) is 66.8 Å². The Morgan fingerprint density at radius 2 is 1.31 bits per heavy atom. The summed E-state index contributed by atoms with van der Waals surface area (Å²) in [6.45, 7) is 14.5. The first-order valence-corrected chi connectivity index (χ1v) is 10.2. The fourth-order valence-corrected chi connectivity index (χ4v) is 3.69. The Kier molecular flexibility index (Phi) is 5.45. The summed E-state index contributed by atoms with van der Waals surface area (Å²) in [5.41, 5.74) is 4.59. The number of hydrogen-bond donors (Lipinski definition) is 2. The zero-order valence-corrected chi connectivity index (χ0v) is 17.5. The quantitative estimate of drug-likeness (QED) is 0.672. The summed E-state index contributed by atoms with van der Waals surface area (Å²) in [4.78, 5) is 18.7. The van der Waals surface area contributed by atoms with Gasteiger partial charge in [-0.3, -0.25) is 9.79 Å². The van der Waals surface area contributed by atoms with E-state index in [0.29, 0.717) is 0 Å². The molecule has 0 unspecified atom stereocenters. The van der Waals surface area contributed by atoms with Crippen LogP contribution in [0.25, 0.3) is 11.1 Å². The lowest BCUT2D eigenvalue weighted by Crippen LogP contribution is -2.24. The highest BCUT2D eigenvalue weighted by Gasteiger charge is 2.33. The van der Waals surface area contributed by atoms with Crippen molar-refractivity contribution in [1.29, 1.82) is 0 Å². The molecule has 4 nitrogen and oxygen atoms in total. The van der Waals surface area contributed by atoms with Gasteiger partial charge in [0, 0.05) is 5.56 Å². The normalized spacial score (nSPS) is 13.0. The third-order valence-corrected chi connectivity index (χ3v) is 4.68. The molecule has 0 saturated carbocycles. The Labute approximate surface area is 156 Å². The Bertz CT molecular complexity index is 834. The molecule has 2 N–H and O–H groups in total. The van der Waals surface area contributed by atoms with E-state index in [9.17, 15) is 14.4 Å². The van der Waals surface area contributed by atoms with Gasteiger partial charge in [0.25, 0.3) is 0 Å². The van der Waals surface area contributed by atoms with Crippen molar-refractivity contribution in [2.45, 2.75) is 59.3 Å². The van der Waals surface area contributed by atoms with Gasteiger partial charge in [-0.1, -0.05) is 77.4 Å². The van der Waals surface area contributed by atoms with Crippen molar-refractivity contribution in [3.05, 3.63) is 53.1 Å². The van der Waals surface area contributed by atoms with Crippen LogP contribution in [-0.2, 0) is 15.4 Å². The highest BCUT2D eigenvalue weighted by Crippen LogP contribution is 2.48. The molecule has 0 aliphatic carbocycles. The largest absolute Gasteiger partial charge is 0.524 e. The fraction of sp³-hybridized carbons (Fsp3) is 0.429. The molecule has 2 rings (SSSR count). The van der Waals surface area contributed by atoms with Gasteiger partial charge in [0.15, 0.2) is 0 Å².